The second-order valence-corrected chi connectivity index (χ2v) is 9.28. The molecule has 1 heterocycles. The number of carbonyl (C=O) groups excluding carboxylic acids is 1. The van der Waals surface area contributed by atoms with Crippen molar-refractivity contribution in [3.63, 3.8) is 0 Å². The zero-order chi connectivity index (χ0) is 22.3. The average Bonchev–Trinajstić information content (AvgIpc) is 3.40. The van der Waals surface area contributed by atoms with Gasteiger partial charge in [-0.2, -0.15) is 0 Å². The van der Waals surface area contributed by atoms with E-state index in [0.29, 0.717) is 18.9 Å². The van der Waals surface area contributed by atoms with Crippen molar-refractivity contribution >= 4 is 11.9 Å². The molecule has 4 rings (SSSR count). The van der Waals surface area contributed by atoms with Gasteiger partial charge in [-0.25, -0.2) is 0 Å². The van der Waals surface area contributed by atoms with E-state index in [1.165, 1.54) is 36.0 Å². The van der Waals surface area contributed by atoms with Crippen molar-refractivity contribution in [2.75, 3.05) is 19.7 Å². The van der Waals surface area contributed by atoms with Crippen LogP contribution in [0.15, 0.2) is 12.1 Å². The smallest absolute Gasteiger partial charge is 0.303 e. The molecule has 31 heavy (non-hydrogen) atoms. The summed E-state index contributed by atoms with van der Waals surface area (Å²) in [4.78, 5) is 21.9. The topological polar surface area (TPSA) is 102 Å². The van der Waals surface area contributed by atoms with Gasteiger partial charge in [-0.3, -0.25) is 9.59 Å². The van der Waals surface area contributed by atoms with Crippen LogP contribution in [0.25, 0.3) is 0 Å². The molecule has 172 valence electrons. The zero-order valence-corrected chi connectivity index (χ0v) is 18.9. The Morgan fingerprint density at radius 3 is 2.68 bits per heavy atom. The van der Waals surface area contributed by atoms with E-state index < -0.39 is 5.97 Å². The Balaban J connectivity index is 0.000000196. The minimum Gasteiger partial charge on any atom is -0.493 e. The van der Waals surface area contributed by atoms with Crippen LogP contribution in [-0.2, 0) is 22.4 Å². The first-order chi connectivity index (χ1) is 15.0. The summed E-state index contributed by atoms with van der Waals surface area (Å²) in [6.07, 6.45) is 10.8. The van der Waals surface area contributed by atoms with Crippen LogP contribution in [0.1, 0.15) is 87.3 Å². The summed E-state index contributed by atoms with van der Waals surface area (Å²) in [5, 5.41) is 11.7. The van der Waals surface area contributed by atoms with Gasteiger partial charge in [0.15, 0.2) is 0 Å². The van der Waals surface area contributed by atoms with Gasteiger partial charge in [0.25, 0.3) is 0 Å². The lowest BCUT2D eigenvalue weighted by Crippen LogP contribution is -2.34. The highest BCUT2D eigenvalue weighted by Crippen LogP contribution is 2.43. The van der Waals surface area contributed by atoms with Gasteiger partial charge in [0.05, 0.1) is 13.0 Å². The lowest BCUT2D eigenvalue weighted by Gasteiger charge is -2.34. The number of fused-ring (bicyclic) bond motifs is 3. The molecule has 2 aliphatic carbocycles. The largest absolute Gasteiger partial charge is 0.493 e. The molecule has 1 atom stereocenters. The normalized spacial score (nSPS) is 20.6. The molecule has 0 bridgehead atoms. The number of carboxylic acid groups (broad SMARTS) is 1. The summed E-state index contributed by atoms with van der Waals surface area (Å²) < 4.78 is 5.66. The summed E-state index contributed by atoms with van der Waals surface area (Å²) >= 11 is 0. The van der Waals surface area contributed by atoms with Crippen LogP contribution >= 0.6 is 0 Å². The first-order valence-corrected chi connectivity index (χ1v) is 11.9. The van der Waals surface area contributed by atoms with Crippen molar-refractivity contribution in [2.45, 2.75) is 83.5 Å². The monoisotopic (exact) mass is 430 g/mol. The molecule has 0 spiro atoms. The van der Waals surface area contributed by atoms with E-state index in [9.17, 15) is 9.59 Å². The Labute approximate surface area is 185 Å². The van der Waals surface area contributed by atoms with Crippen LogP contribution in [-0.4, -0.2) is 36.7 Å². The molecule has 1 fully saturated rings. The summed E-state index contributed by atoms with van der Waals surface area (Å²) in [7, 11) is 0. The number of carboxylic acids is 1. The second kappa shape index (κ2) is 11.0. The SMILES string of the molecule is CCC(=O)NCC[C@@H]1CCc2ccc3c(c21)CCO3.NCC1(CC(=O)O)CCCCC1. The van der Waals surface area contributed by atoms with Crippen LogP contribution < -0.4 is 15.8 Å². The molecule has 0 radical (unpaired) electrons. The van der Waals surface area contributed by atoms with Crippen molar-refractivity contribution in [3.8, 4) is 5.75 Å². The number of benzene rings is 1. The third-order valence-electron chi connectivity index (χ3n) is 7.19. The highest BCUT2D eigenvalue weighted by atomic mass is 16.5. The van der Waals surface area contributed by atoms with Crippen molar-refractivity contribution in [2.24, 2.45) is 11.1 Å². The maximum atomic E-state index is 11.3. The number of ether oxygens (including phenoxy) is 1. The Bertz CT molecular complexity index is 771. The standard InChI is InChI=1S/C16H21NO2.C9H17NO2/c1-2-15(18)17-9-7-12-4-3-11-5-6-14-13(16(11)12)8-10-19-14;10-7-9(6-8(11)12)4-2-1-3-5-9/h5-6,12H,2-4,7-10H2,1H3,(H,17,18);1-7,10H2,(H,11,12)/t12-;/m0./s1. The minimum absolute atomic E-state index is 0.0793. The van der Waals surface area contributed by atoms with Crippen LogP contribution in [0, 0.1) is 5.41 Å². The van der Waals surface area contributed by atoms with Gasteiger partial charge in [-0.1, -0.05) is 32.3 Å². The lowest BCUT2D eigenvalue weighted by molar-refractivity contribution is -0.140. The third-order valence-corrected chi connectivity index (χ3v) is 7.19. The van der Waals surface area contributed by atoms with Gasteiger partial charge in [0.1, 0.15) is 5.75 Å². The summed E-state index contributed by atoms with van der Waals surface area (Å²) in [5.74, 6) is 1.13. The van der Waals surface area contributed by atoms with Crippen molar-refractivity contribution in [1.82, 2.24) is 5.32 Å². The highest BCUT2D eigenvalue weighted by Gasteiger charge is 2.32. The van der Waals surface area contributed by atoms with Gasteiger partial charge in [0.2, 0.25) is 5.91 Å². The number of aryl methyl sites for hydroxylation is 1. The quantitative estimate of drug-likeness (QED) is 0.608. The van der Waals surface area contributed by atoms with Crippen LogP contribution in [0.3, 0.4) is 0 Å². The number of aliphatic carboxylic acids is 1. The van der Waals surface area contributed by atoms with E-state index in [1.54, 1.807) is 0 Å². The fourth-order valence-corrected chi connectivity index (χ4v) is 5.43. The molecular formula is C25H38N2O4. The Hall–Kier alpha value is -2.08. The van der Waals surface area contributed by atoms with E-state index in [4.69, 9.17) is 15.6 Å². The van der Waals surface area contributed by atoms with Gasteiger partial charge in [-0.15, -0.1) is 0 Å². The van der Waals surface area contributed by atoms with Crippen molar-refractivity contribution in [1.29, 1.82) is 0 Å². The fourth-order valence-electron chi connectivity index (χ4n) is 5.43. The van der Waals surface area contributed by atoms with Crippen LogP contribution in [0.2, 0.25) is 0 Å². The highest BCUT2D eigenvalue weighted by molar-refractivity contribution is 5.75. The van der Waals surface area contributed by atoms with E-state index in [0.717, 1.165) is 57.4 Å². The number of hydrogen-bond acceptors (Lipinski definition) is 4. The Morgan fingerprint density at radius 2 is 2.00 bits per heavy atom. The van der Waals surface area contributed by atoms with Gasteiger partial charge in [-0.05, 0) is 67.2 Å². The number of nitrogens with two attached hydrogens (primary N) is 1. The van der Waals surface area contributed by atoms with E-state index in [2.05, 4.69) is 17.4 Å². The molecule has 0 saturated heterocycles. The lowest BCUT2D eigenvalue weighted by atomic mass is 9.72. The average molecular weight is 431 g/mol. The molecule has 0 aromatic heterocycles. The zero-order valence-electron chi connectivity index (χ0n) is 18.9. The predicted octanol–water partition coefficient (Wildman–Crippen LogP) is 3.94. The molecule has 6 heteroatoms. The molecule has 4 N–H and O–H groups in total. The second-order valence-electron chi connectivity index (χ2n) is 9.28. The minimum atomic E-state index is -0.706. The van der Waals surface area contributed by atoms with E-state index in [1.807, 2.05) is 6.92 Å². The van der Waals surface area contributed by atoms with Gasteiger partial charge in [0, 0.05) is 24.9 Å². The summed E-state index contributed by atoms with van der Waals surface area (Å²) in [6, 6.07) is 4.35. The van der Waals surface area contributed by atoms with E-state index >= 15 is 0 Å². The maximum absolute atomic E-state index is 11.3. The molecule has 1 saturated carbocycles. The molecule has 1 aliphatic heterocycles. The molecule has 1 amide bonds. The number of carbonyl (C=O) groups is 2. The molecule has 1 aromatic rings. The molecule has 3 aliphatic rings. The summed E-state index contributed by atoms with van der Waals surface area (Å²) in [5.41, 5.74) is 10.0. The van der Waals surface area contributed by atoms with E-state index in [-0.39, 0.29) is 17.7 Å². The Kier molecular flexibility index (Phi) is 8.35. The van der Waals surface area contributed by atoms with Crippen LogP contribution in [0.4, 0.5) is 0 Å². The third kappa shape index (κ3) is 6.00. The molecular weight excluding hydrogens is 392 g/mol. The maximum Gasteiger partial charge on any atom is 0.303 e. The fraction of sp³-hybridized carbons (Fsp3) is 0.680. The van der Waals surface area contributed by atoms with Gasteiger partial charge < -0.3 is 20.9 Å². The number of rotatable bonds is 7. The van der Waals surface area contributed by atoms with Crippen LogP contribution in [0.5, 0.6) is 5.75 Å². The number of nitrogens with one attached hydrogen (secondary N) is 1. The first-order valence-electron chi connectivity index (χ1n) is 11.9. The molecule has 0 unspecified atom stereocenters. The number of amides is 1. The first kappa shape index (κ1) is 23.6. The predicted molar refractivity (Wildman–Crippen MR) is 121 cm³/mol. The van der Waals surface area contributed by atoms with Crippen molar-refractivity contribution in [3.05, 3.63) is 28.8 Å². The molecule has 6 nitrogen and oxygen atoms in total. The van der Waals surface area contributed by atoms with Gasteiger partial charge >= 0.3 is 5.97 Å². The summed E-state index contributed by atoms with van der Waals surface area (Å²) in [6.45, 7) is 4.04. The number of hydrogen-bond donors (Lipinski definition) is 3. The Morgan fingerprint density at radius 1 is 1.23 bits per heavy atom. The van der Waals surface area contributed by atoms with Crippen molar-refractivity contribution < 1.29 is 19.4 Å². The molecule has 1 aromatic carbocycles.